The minimum Gasteiger partial charge on any atom is -0.495 e. The molecule has 1 aliphatic heterocycles. The van der Waals surface area contributed by atoms with Crippen LogP contribution in [-0.4, -0.2) is 24.7 Å². The summed E-state index contributed by atoms with van der Waals surface area (Å²) in [5.74, 6) is 1.29. The predicted octanol–water partition coefficient (Wildman–Crippen LogP) is 5.30. The van der Waals surface area contributed by atoms with Crippen molar-refractivity contribution < 1.29 is 14.3 Å². The molecule has 0 bridgehead atoms. The van der Waals surface area contributed by atoms with Gasteiger partial charge in [0.15, 0.2) is 0 Å². The van der Waals surface area contributed by atoms with Crippen LogP contribution in [0.25, 0.3) is 0 Å². The average molecular weight is 425 g/mol. The van der Waals surface area contributed by atoms with Gasteiger partial charge in [-0.15, -0.1) is 11.8 Å². The number of hydrogen-bond donors (Lipinski definition) is 1. The van der Waals surface area contributed by atoms with Gasteiger partial charge in [-0.2, -0.15) is 0 Å². The molecule has 2 fully saturated rings. The van der Waals surface area contributed by atoms with Crippen LogP contribution in [0.5, 0.6) is 5.75 Å². The van der Waals surface area contributed by atoms with Crippen molar-refractivity contribution in [1.82, 2.24) is 0 Å². The molecule has 2 aliphatic rings. The largest absolute Gasteiger partial charge is 0.495 e. The van der Waals surface area contributed by atoms with Gasteiger partial charge in [-0.3, -0.25) is 14.5 Å². The lowest BCUT2D eigenvalue weighted by Crippen LogP contribution is -2.30. The molecular weight excluding hydrogens is 396 g/mol. The molecule has 1 heterocycles. The van der Waals surface area contributed by atoms with Crippen molar-refractivity contribution in [2.24, 2.45) is 5.92 Å². The number of para-hydroxylation sites is 1. The first kappa shape index (κ1) is 20.8. The molecule has 1 aliphatic carbocycles. The zero-order chi connectivity index (χ0) is 21.1. The van der Waals surface area contributed by atoms with Crippen molar-refractivity contribution in [3.05, 3.63) is 53.6 Å². The van der Waals surface area contributed by atoms with E-state index in [2.05, 4.69) is 5.32 Å². The predicted molar refractivity (Wildman–Crippen MR) is 122 cm³/mol. The van der Waals surface area contributed by atoms with Crippen LogP contribution in [0.4, 0.5) is 11.4 Å². The van der Waals surface area contributed by atoms with Crippen molar-refractivity contribution in [2.75, 3.05) is 23.1 Å². The Bertz CT molecular complexity index is 940. The van der Waals surface area contributed by atoms with E-state index in [-0.39, 0.29) is 23.1 Å². The van der Waals surface area contributed by atoms with Crippen LogP contribution in [0, 0.1) is 12.8 Å². The average Bonchev–Trinajstić information content (AvgIpc) is 3.15. The first-order chi connectivity index (χ1) is 14.6. The number of nitrogens with zero attached hydrogens (tertiary/aromatic N) is 1. The molecule has 2 aromatic carbocycles. The normalized spacial score (nSPS) is 19.7. The van der Waals surface area contributed by atoms with E-state index in [1.807, 2.05) is 54.3 Å². The highest BCUT2D eigenvalue weighted by atomic mass is 32.2. The summed E-state index contributed by atoms with van der Waals surface area (Å²) in [6.45, 7) is 2.00. The maximum atomic E-state index is 12.9. The molecule has 6 heteroatoms. The molecule has 0 aromatic heterocycles. The second-order valence-corrected chi connectivity index (χ2v) is 9.08. The van der Waals surface area contributed by atoms with Gasteiger partial charge in [0.25, 0.3) is 0 Å². The number of thioether (sulfide) groups is 1. The van der Waals surface area contributed by atoms with Crippen LogP contribution in [0.2, 0.25) is 0 Å². The van der Waals surface area contributed by atoms with E-state index < -0.39 is 0 Å². The van der Waals surface area contributed by atoms with Gasteiger partial charge in [0, 0.05) is 17.2 Å². The van der Waals surface area contributed by atoms with Gasteiger partial charge in [-0.25, -0.2) is 0 Å². The third-order valence-corrected chi connectivity index (χ3v) is 7.12. The number of methoxy groups -OCH3 is 1. The monoisotopic (exact) mass is 424 g/mol. The highest BCUT2D eigenvalue weighted by molar-refractivity contribution is 8.00. The number of carbonyl (C=O) groups excluding carboxylic acids is 2. The summed E-state index contributed by atoms with van der Waals surface area (Å²) in [5, 5.41) is 2.95. The van der Waals surface area contributed by atoms with Crippen LogP contribution >= 0.6 is 11.8 Å². The summed E-state index contributed by atoms with van der Waals surface area (Å²) in [6, 6.07) is 13.7. The number of carbonyl (C=O) groups is 2. The number of ether oxygens (including phenoxy) is 1. The summed E-state index contributed by atoms with van der Waals surface area (Å²) in [4.78, 5) is 27.6. The lowest BCUT2D eigenvalue weighted by Gasteiger charge is -2.28. The molecule has 1 saturated carbocycles. The number of rotatable bonds is 5. The Morgan fingerprint density at radius 3 is 2.67 bits per heavy atom. The Balaban J connectivity index is 1.65. The lowest BCUT2D eigenvalue weighted by atomic mass is 9.88. The Kier molecular flexibility index (Phi) is 6.32. The summed E-state index contributed by atoms with van der Waals surface area (Å²) in [7, 11) is 1.62. The van der Waals surface area contributed by atoms with Gasteiger partial charge in [-0.05, 0) is 43.5 Å². The van der Waals surface area contributed by atoms with Gasteiger partial charge in [0.2, 0.25) is 11.8 Å². The highest BCUT2D eigenvalue weighted by Crippen LogP contribution is 2.47. The maximum Gasteiger partial charge on any atom is 0.238 e. The van der Waals surface area contributed by atoms with E-state index in [0.717, 1.165) is 48.2 Å². The smallest absolute Gasteiger partial charge is 0.238 e. The topological polar surface area (TPSA) is 58.6 Å². The van der Waals surface area contributed by atoms with E-state index in [9.17, 15) is 9.59 Å². The quantitative estimate of drug-likeness (QED) is 0.707. The van der Waals surface area contributed by atoms with E-state index in [1.165, 1.54) is 6.42 Å². The molecule has 4 rings (SSSR count). The Morgan fingerprint density at radius 1 is 1.13 bits per heavy atom. The third-order valence-electron chi connectivity index (χ3n) is 5.92. The lowest BCUT2D eigenvalue weighted by molar-refractivity contribution is -0.120. The molecule has 1 saturated heterocycles. The van der Waals surface area contributed by atoms with Crippen LogP contribution in [-0.2, 0) is 9.59 Å². The molecule has 1 unspecified atom stereocenters. The minimum absolute atomic E-state index is 0.0438. The molecule has 2 aromatic rings. The molecule has 1 atom stereocenters. The van der Waals surface area contributed by atoms with Gasteiger partial charge in [-0.1, -0.05) is 43.5 Å². The molecule has 2 amide bonds. The van der Waals surface area contributed by atoms with Crippen molar-refractivity contribution in [2.45, 2.75) is 44.4 Å². The Hall–Kier alpha value is -2.47. The van der Waals surface area contributed by atoms with Crippen LogP contribution in [0.15, 0.2) is 42.5 Å². The molecule has 1 N–H and O–H groups in total. The van der Waals surface area contributed by atoms with E-state index in [0.29, 0.717) is 11.5 Å². The second kappa shape index (κ2) is 9.13. The molecule has 0 spiro atoms. The number of nitrogens with one attached hydrogen (secondary N) is 1. The Morgan fingerprint density at radius 2 is 1.90 bits per heavy atom. The van der Waals surface area contributed by atoms with Crippen LogP contribution < -0.4 is 15.0 Å². The summed E-state index contributed by atoms with van der Waals surface area (Å²) >= 11 is 1.58. The number of amides is 2. The fraction of sp³-hybridized carbons (Fsp3) is 0.417. The first-order valence-corrected chi connectivity index (χ1v) is 11.6. The standard InChI is InChI=1S/C24H28N2O3S/c1-16-12-13-21(29-2)20(14-16)26-22(27)15-30-24(26)18-10-6-7-11-19(18)25-23(28)17-8-4-3-5-9-17/h6-7,10-14,17,24H,3-5,8-9,15H2,1-2H3,(H,25,28). The molecular formula is C24H28N2O3S. The SMILES string of the molecule is COc1ccc(C)cc1N1C(=O)CSC1c1ccccc1NC(=O)C1CCCCC1. The number of aryl methyl sites for hydroxylation is 1. The van der Waals surface area contributed by atoms with Gasteiger partial charge in [0.05, 0.1) is 18.6 Å². The summed E-state index contributed by atoms with van der Waals surface area (Å²) in [6.07, 6.45) is 5.37. The first-order valence-electron chi connectivity index (χ1n) is 10.6. The fourth-order valence-corrected chi connectivity index (χ4v) is 5.53. The molecule has 5 nitrogen and oxygen atoms in total. The second-order valence-electron chi connectivity index (χ2n) is 8.01. The van der Waals surface area contributed by atoms with E-state index in [1.54, 1.807) is 18.9 Å². The zero-order valence-corrected chi connectivity index (χ0v) is 18.3. The third kappa shape index (κ3) is 4.19. The van der Waals surface area contributed by atoms with Crippen molar-refractivity contribution in [3.63, 3.8) is 0 Å². The van der Waals surface area contributed by atoms with Crippen molar-refractivity contribution in [3.8, 4) is 5.75 Å². The molecule has 30 heavy (non-hydrogen) atoms. The number of hydrogen-bond acceptors (Lipinski definition) is 4. The van der Waals surface area contributed by atoms with E-state index in [4.69, 9.17) is 4.74 Å². The number of benzene rings is 2. The van der Waals surface area contributed by atoms with Crippen molar-refractivity contribution in [1.29, 1.82) is 0 Å². The molecule has 158 valence electrons. The fourth-order valence-electron chi connectivity index (χ4n) is 4.33. The number of anilines is 2. The van der Waals surface area contributed by atoms with Crippen molar-refractivity contribution >= 4 is 35.0 Å². The van der Waals surface area contributed by atoms with Crippen LogP contribution in [0.3, 0.4) is 0 Å². The minimum atomic E-state index is -0.212. The zero-order valence-electron chi connectivity index (χ0n) is 17.5. The summed E-state index contributed by atoms with van der Waals surface area (Å²) < 4.78 is 5.55. The summed E-state index contributed by atoms with van der Waals surface area (Å²) in [5.41, 5.74) is 3.57. The van der Waals surface area contributed by atoms with Gasteiger partial charge >= 0.3 is 0 Å². The van der Waals surface area contributed by atoms with Crippen LogP contribution in [0.1, 0.15) is 48.6 Å². The van der Waals surface area contributed by atoms with Gasteiger partial charge < -0.3 is 10.1 Å². The van der Waals surface area contributed by atoms with E-state index >= 15 is 0 Å². The van der Waals surface area contributed by atoms with Gasteiger partial charge in [0.1, 0.15) is 11.1 Å². The molecule has 0 radical (unpaired) electrons. The Labute approximate surface area is 182 Å². The highest BCUT2D eigenvalue weighted by Gasteiger charge is 2.37. The maximum absolute atomic E-state index is 12.9.